The lowest BCUT2D eigenvalue weighted by molar-refractivity contribution is -0.137. The second-order valence-corrected chi connectivity index (χ2v) is 7.52. The zero-order chi connectivity index (χ0) is 16.3. The predicted molar refractivity (Wildman–Crippen MR) is 91.0 cm³/mol. The Morgan fingerprint density at radius 1 is 1.04 bits per heavy atom. The van der Waals surface area contributed by atoms with E-state index in [9.17, 15) is 4.79 Å². The second-order valence-electron chi connectivity index (χ2n) is 7.52. The molecule has 24 heavy (non-hydrogen) atoms. The van der Waals surface area contributed by atoms with Crippen molar-refractivity contribution in [2.45, 2.75) is 19.3 Å². The number of allylic oxidation sites excluding steroid dienone is 1. The van der Waals surface area contributed by atoms with Crippen LogP contribution in [0.4, 0.5) is 0 Å². The first-order valence-electron chi connectivity index (χ1n) is 8.97. The number of hydrogen-bond acceptors (Lipinski definition) is 3. The molecule has 5 rings (SSSR count). The van der Waals surface area contributed by atoms with Gasteiger partial charge in [0.05, 0.1) is 20.3 Å². The minimum atomic E-state index is -0.136. The lowest BCUT2D eigenvalue weighted by Gasteiger charge is -2.39. The highest BCUT2D eigenvalue weighted by Gasteiger charge is 2.55. The molecule has 1 heterocycles. The van der Waals surface area contributed by atoms with E-state index >= 15 is 0 Å². The van der Waals surface area contributed by atoms with Crippen LogP contribution in [0.1, 0.15) is 24.8 Å². The van der Waals surface area contributed by atoms with Gasteiger partial charge in [0.15, 0.2) is 0 Å². The topological polar surface area (TPSA) is 35.5 Å². The Balaban J connectivity index is 1.76. The summed E-state index contributed by atoms with van der Waals surface area (Å²) in [5.74, 6) is 1.97. The van der Waals surface area contributed by atoms with Crippen molar-refractivity contribution in [2.75, 3.05) is 20.3 Å². The number of carbonyl (C=O) groups is 1. The summed E-state index contributed by atoms with van der Waals surface area (Å²) in [6.07, 6.45) is 3.80. The number of rotatable bonds is 2. The minimum absolute atomic E-state index is 0.136. The SMILES string of the molecule is COC(=O)C1=C2COCC2=C(c2ccccc2)C2C3CCC(C3)C12. The van der Waals surface area contributed by atoms with E-state index < -0.39 is 0 Å². The van der Waals surface area contributed by atoms with Crippen LogP contribution in [0.5, 0.6) is 0 Å². The summed E-state index contributed by atoms with van der Waals surface area (Å²) < 4.78 is 11.0. The number of benzene rings is 1. The van der Waals surface area contributed by atoms with Crippen LogP contribution in [-0.4, -0.2) is 26.3 Å². The molecule has 2 bridgehead atoms. The fourth-order valence-corrected chi connectivity index (χ4v) is 5.79. The maximum Gasteiger partial charge on any atom is 0.334 e. The summed E-state index contributed by atoms with van der Waals surface area (Å²) in [4.78, 5) is 12.6. The van der Waals surface area contributed by atoms with Crippen LogP contribution in [0.3, 0.4) is 0 Å². The number of hydrogen-bond donors (Lipinski definition) is 0. The molecule has 124 valence electrons. The molecule has 3 nitrogen and oxygen atoms in total. The Morgan fingerprint density at radius 2 is 1.75 bits per heavy atom. The Bertz CT molecular complexity index is 759. The van der Waals surface area contributed by atoms with Gasteiger partial charge in [-0.1, -0.05) is 30.3 Å². The van der Waals surface area contributed by atoms with Crippen molar-refractivity contribution in [1.29, 1.82) is 0 Å². The van der Waals surface area contributed by atoms with E-state index in [2.05, 4.69) is 30.3 Å². The van der Waals surface area contributed by atoms with Gasteiger partial charge in [0.2, 0.25) is 0 Å². The summed E-state index contributed by atoms with van der Waals surface area (Å²) in [6, 6.07) is 10.7. The van der Waals surface area contributed by atoms with Crippen molar-refractivity contribution in [3.63, 3.8) is 0 Å². The highest BCUT2D eigenvalue weighted by atomic mass is 16.5. The van der Waals surface area contributed by atoms with Gasteiger partial charge in [0.25, 0.3) is 0 Å². The third-order valence-electron chi connectivity index (χ3n) is 6.58. The Labute approximate surface area is 142 Å². The van der Waals surface area contributed by atoms with Gasteiger partial charge >= 0.3 is 5.97 Å². The molecule has 1 saturated heterocycles. The largest absolute Gasteiger partial charge is 0.466 e. The van der Waals surface area contributed by atoms with Crippen molar-refractivity contribution < 1.29 is 14.3 Å². The molecule has 0 N–H and O–H groups in total. The molecule has 0 spiro atoms. The molecule has 1 aromatic rings. The standard InChI is InChI=1S/C21H22O3/c1-23-21(22)20-16-11-24-10-15(16)17(12-5-3-2-4-6-12)18-13-7-8-14(9-13)19(18)20/h2-6,13-14,18-19H,7-11H2,1H3. The van der Waals surface area contributed by atoms with Gasteiger partial charge in [0, 0.05) is 11.5 Å². The highest BCUT2D eigenvalue weighted by Crippen LogP contribution is 2.62. The molecule has 3 aliphatic carbocycles. The predicted octanol–water partition coefficient (Wildman–Crippen LogP) is 3.62. The third-order valence-corrected chi connectivity index (χ3v) is 6.58. The van der Waals surface area contributed by atoms with Crippen molar-refractivity contribution in [3.8, 4) is 0 Å². The first kappa shape index (κ1) is 14.5. The van der Waals surface area contributed by atoms with Crippen LogP contribution in [0, 0.1) is 23.7 Å². The first-order valence-corrected chi connectivity index (χ1v) is 8.97. The number of esters is 1. The average molecular weight is 322 g/mol. The van der Waals surface area contributed by atoms with Gasteiger partial charge in [-0.15, -0.1) is 0 Å². The Hall–Kier alpha value is -1.87. The normalized spacial score (nSPS) is 33.7. The fourth-order valence-electron chi connectivity index (χ4n) is 5.79. The van der Waals surface area contributed by atoms with Crippen LogP contribution in [-0.2, 0) is 14.3 Å². The minimum Gasteiger partial charge on any atom is -0.466 e. The molecule has 3 fully saturated rings. The maximum atomic E-state index is 12.6. The number of carbonyl (C=O) groups excluding carboxylic acids is 1. The molecule has 1 aliphatic heterocycles. The fraction of sp³-hybridized carbons (Fsp3) is 0.476. The van der Waals surface area contributed by atoms with Crippen molar-refractivity contribution >= 4 is 11.5 Å². The number of fused-ring (bicyclic) bond motifs is 6. The molecule has 4 atom stereocenters. The van der Waals surface area contributed by atoms with Gasteiger partial charge in [-0.25, -0.2) is 4.79 Å². The Morgan fingerprint density at radius 3 is 2.50 bits per heavy atom. The van der Waals surface area contributed by atoms with Gasteiger partial charge in [-0.3, -0.25) is 0 Å². The average Bonchev–Trinajstić information content (AvgIpc) is 3.35. The smallest absolute Gasteiger partial charge is 0.334 e. The van der Waals surface area contributed by atoms with Crippen LogP contribution in [0.25, 0.3) is 5.57 Å². The molecular weight excluding hydrogens is 300 g/mol. The quantitative estimate of drug-likeness (QED) is 0.780. The van der Waals surface area contributed by atoms with E-state index in [0.717, 1.165) is 11.1 Å². The lowest BCUT2D eigenvalue weighted by Crippen LogP contribution is -2.33. The number of ether oxygens (including phenoxy) is 2. The summed E-state index contributed by atoms with van der Waals surface area (Å²) in [6.45, 7) is 1.18. The van der Waals surface area contributed by atoms with Gasteiger partial charge in [-0.05, 0) is 59.3 Å². The van der Waals surface area contributed by atoms with E-state index in [4.69, 9.17) is 9.47 Å². The van der Waals surface area contributed by atoms with Crippen LogP contribution in [0.15, 0.2) is 47.1 Å². The molecule has 4 aliphatic rings. The molecule has 0 radical (unpaired) electrons. The summed E-state index contributed by atoms with van der Waals surface area (Å²) in [5, 5.41) is 0. The van der Waals surface area contributed by atoms with Gasteiger partial charge in [0.1, 0.15) is 0 Å². The second kappa shape index (κ2) is 5.32. The van der Waals surface area contributed by atoms with Gasteiger partial charge in [-0.2, -0.15) is 0 Å². The maximum absolute atomic E-state index is 12.6. The number of methoxy groups -OCH3 is 1. The van der Waals surface area contributed by atoms with E-state index in [-0.39, 0.29) is 5.97 Å². The first-order chi connectivity index (χ1) is 11.8. The molecule has 1 aromatic carbocycles. The van der Waals surface area contributed by atoms with Crippen molar-refractivity contribution in [2.24, 2.45) is 23.7 Å². The van der Waals surface area contributed by atoms with Crippen LogP contribution in [0.2, 0.25) is 0 Å². The van der Waals surface area contributed by atoms with E-state index in [1.807, 2.05) is 0 Å². The van der Waals surface area contributed by atoms with Crippen LogP contribution >= 0.6 is 0 Å². The van der Waals surface area contributed by atoms with E-state index in [1.54, 1.807) is 0 Å². The van der Waals surface area contributed by atoms with Crippen molar-refractivity contribution in [3.05, 3.63) is 52.6 Å². The molecule has 0 amide bonds. The monoisotopic (exact) mass is 322 g/mol. The van der Waals surface area contributed by atoms with Gasteiger partial charge < -0.3 is 9.47 Å². The summed E-state index contributed by atoms with van der Waals surface area (Å²) in [5.41, 5.74) is 6.07. The molecule has 0 aromatic heterocycles. The Kier molecular flexibility index (Phi) is 3.21. The molecule has 3 heteroatoms. The molecular formula is C21H22O3. The van der Waals surface area contributed by atoms with Crippen molar-refractivity contribution in [1.82, 2.24) is 0 Å². The van der Waals surface area contributed by atoms with Crippen LogP contribution < -0.4 is 0 Å². The van der Waals surface area contributed by atoms with E-state index in [0.29, 0.717) is 36.9 Å². The lowest BCUT2D eigenvalue weighted by atomic mass is 9.64. The third kappa shape index (κ3) is 1.85. The molecule has 4 unspecified atom stereocenters. The zero-order valence-electron chi connectivity index (χ0n) is 14.0. The summed E-state index contributed by atoms with van der Waals surface area (Å²) in [7, 11) is 1.50. The van der Waals surface area contributed by atoms with E-state index in [1.165, 1.54) is 43.1 Å². The molecule has 2 saturated carbocycles. The zero-order valence-corrected chi connectivity index (χ0v) is 14.0. The summed E-state index contributed by atoms with van der Waals surface area (Å²) >= 11 is 0. The highest BCUT2D eigenvalue weighted by molar-refractivity contribution is 5.95.